The molecule has 0 spiro atoms. The van der Waals surface area contributed by atoms with Crippen molar-refractivity contribution in [2.45, 2.75) is 84.1 Å². The molecule has 0 aliphatic heterocycles. The van der Waals surface area contributed by atoms with Gasteiger partial charge in [-0.3, -0.25) is 9.59 Å². The van der Waals surface area contributed by atoms with Crippen molar-refractivity contribution in [2.24, 2.45) is 11.8 Å². The topological polar surface area (TPSA) is 66.4 Å². The molecule has 21 heavy (non-hydrogen) atoms. The Labute approximate surface area is 128 Å². The third kappa shape index (κ3) is 8.08. The molecule has 1 aliphatic carbocycles. The van der Waals surface area contributed by atoms with E-state index in [1.807, 2.05) is 6.92 Å². The molecule has 0 radical (unpaired) electrons. The van der Waals surface area contributed by atoms with Gasteiger partial charge in [-0.15, -0.1) is 0 Å². The number of amides is 1. The van der Waals surface area contributed by atoms with Gasteiger partial charge in [0.2, 0.25) is 5.91 Å². The average Bonchev–Trinajstić information content (AvgIpc) is 2.46. The molecule has 0 aromatic carbocycles. The Balaban J connectivity index is 2.08. The summed E-state index contributed by atoms with van der Waals surface area (Å²) in [7, 11) is 0. The fraction of sp³-hybridized carbons (Fsp3) is 0.882. The predicted octanol–water partition coefficient (Wildman–Crippen LogP) is 3.74. The number of carbonyl (C=O) groups is 2. The van der Waals surface area contributed by atoms with Gasteiger partial charge in [-0.2, -0.15) is 0 Å². The average molecular weight is 297 g/mol. The van der Waals surface area contributed by atoms with Crippen LogP contribution in [0, 0.1) is 11.8 Å². The first-order valence-electron chi connectivity index (χ1n) is 8.51. The Bertz CT molecular complexity index is 324. The summed E-state index contributed by atoms with van der Waals surface area (Å²) in [5.74, 6) is -0.131. The summed E-state index contributed by atoms with van der Waals surface area (Å²) >= 11 is 0. The number of hydrogen-bond acceptors (Lipinski definition) is 2. The van der Waals surface area contributed by atoms with Crippen LogP contribution in [-0.4, -0.2) is 23.0 Å². The normalized spacial score (nSPS) is 19.0. The molecule has 0 bridgehead atoms. The van der Waals surface area contributed by atoms with Crippen LogP contribution in [0.1, 0.15) is 78.1 Å². The highest BCUT2D eigenvalue weighted by Crippen LogP contribution is 2.27. The van der Waals surface area contributed by atoms with E-state index in [-0.39, 0.29) is 17.9 Å². The number of carbonyl (C=O) groups excluding carboxylic acids is 1. The molecule has 1 fully saturated rings. The molecular formula is C17H31NO3. The SMILES string of the molecule is CC(CCCC(C)C(=O)O)NC(=O)CCC1CCCCC1. The number of carboxylic acid groups (broad SMARTS) is 1. The summed E-state index contributed by atoms with van der Waals surface area (Å²) < 4.78 is 0. The van der Waals surface area contributed by atoms with E-state index in [1.54, 1.807) is 6.92 Å². The molecule has 2 unspecified atom stereocenters. The van der Waals surface area contributed by atoms with Crippen molar-refractivity contribution in [1.29, 1.82) is 0 Å². The van der Waals surface area contributed by atoms with Gasteiger partial charge < -0.3 is 10.4 Å². The van der Waals surface area contributed by atoms with Crippen LogP contribution in [0.3, 0.4) is 0 Å². The highest BCUT2D eigenvalue weighted by Gasteiger charge is 2.16. The smallest absolute Gasteiger partial charge is 0.306 e. The zero-order chi connectivity index (χ0) is 15.7. The third-order valence-electron chi connectivity index (χ3n) is 4.61. The summed E-state index contributed by atoms with van der Waals surface area (Å²) in [6.45, 7) is 3.74. The Morgan fingerprint density at radius 1 is 1.14 bits per heavy atom. The second-order valence-electron chi connectivity index (χ2n) is 6.68. The molecule has 1 rings (SSSR count). The van der Waals surface area contributed by atoms with Crippen LogP contribution in [0.5, 0.6) is 0 Å². The van der Waals surface area contributed by atoms with Crippen LogP contribution < -0.4 is 5.32 Å². The molecule has 1 aliphatic rings. The monoisotopic (exact) mass is 297 g/mol. The number of nitrogens with one attached hydrogen (secondary N) is 1. The second kappa shape index (κ2) is 9.80. The fourth-order valence-electron chi connectivity index (χ4n) is 3.08. The van der Waals surface area contributed by atoms with Crippen molar-refractivity contribution < 1.29 is 14.7 Å². The lowest BCUT2D eigenvalue weighted by atomic mass is 9.86. The van der Waals surface area contributed by atoms with Crippen LogP contribution in [0.25, 0.3) is 0 Å². The summed E-state index contributed by atoms with van der Waals surface area (Å²) in [6, 6.07) is 0.143. The Kier molecular flexibility index (Phi) is 8.40. The van der Waals surface area contributed by atoms with Crippen LogP contribution in [0.15, 0.2) is 0 Å². The Morgan fingerprint density at radius 3 is 2.43 bits per heavy atom. The van der Waals surface area contributed by atoms with E-state index in [2.05, 4.69) is 5.32 Å². The second-order valence-corrected chi connectivity index (χ2v) is 6.68. The van der Waals surface area contributed by atoms with Crippen LogP contribution in [0.2, 0.25) is 0 Å². The van der Waals surface area contributed by atoms with E-state index in [1.165, 1.54) is 32.1 Å². The minimum absolute atomic E-state index is 0.143. The summed E-state index contributed by atoms with van der Waals surface area (Å²) in [6.07, 6.45) is 10.6. The van der Waals surface area contributed by atoms with Gasteiger partial charge in [0.05, 0.1) is 5.92 Å². The van der Waals surface area contributed by atoms with E-state index in [9.17, 15) is 9.59 Å². The van der Waals surface area contributed by atoms with E-state index in [4.69, 9.17) is 5.11 Å². The molecule has 1 amide bonds. The van der Waals surface area contributed by atoms with Crippen molar-refractivity contribution in [2.75, 3.05) is 0 Å². The van der Waals surface area contributed by atoms with Gasteiger partial charge in [-0.05, 0) is 32.1 Å². The van der Waals surface area contributed by atoms with Gasteiger partial charge in [0, 0.05) is 12.5 Å². The quantitative estimate of drug-likeness (QED) is 0.681. The maximum absolute atomic E-state index is 11.9. The minimum atomic E-state index is -0.737. The molecule has 0 aromatic rings. The lowest BCUT2D eigenvalue weighted by molar-refractivity contribution is -0.141. The summed E-state index contributed by atoms with van der Waals surface area (Å²) in [4.78, 5) is 22.6. The molecule has 1 saturated carbocycles. The van der Waals surface area contributed by atoms with Gasteiger partial charge in [0.1, 0.15) is 0 Å². The molecule has 0 aromatic heterocycles. The maximum Gasteiger partial charge on any atom is 0.306 e. The zero-order valence-corrected chi connectivity index (χ0v) is 13.6. The van der Waals surface area contributed by atoms with E-state index in [0.717, 1.165) is 25.2 Å². The summed E-state index contributed by atoms with van der Waals surface area (Å²) in [5, 5.41) is 11.9. The Hall–Kier alpha value is -1.06. The van der Waals surface area contributed by atoms with Crippen LogP contribution in [0.4, 0.5) is 0 Å². The number of rotatable bonds is 9. The van der Waals surface area contributed by atoms with Crippen molar-refractivity contribution in [1.82, 2.24) is 5.32 Å². The molecule has 2 N–H and O–H groups in total. The van der Waals surface area contributed by atoms with Crippen LogP contribution in [-0.2, 0) is 9.59 Å². The molecule has 2 atom stereocenters. The summed E-state index contributed by atoms with van der Waals surface area (Å²) in [5.41, 5.74) is 0. The van der Waals surface area contributed by atoms with Crippen molar-refractivity contribution in [3.8, 4) is 0 Å². The zero-order valence-electron chi connectivity index (χ0n) is 13.6. The van der Waals surface area contributed by atoms with Gasteiger partial charge >= 0.3 is 5.97 Å². The van der Waals surface area contributed by atoms with E-state index >= 15 is 0 Å². The van der Waals surface area contributed by atoms with Crippen molar-refractivity contribution >= 4 is 11.9 Å². The molecule has 0 saturated heterocycles. The highest BCUT2D eigenvalue weighted by atomic mass is 16.4. The van der Waals surface area contributed by atoms with Crippen molar-refractivity contribution in [3.63, 3.8) is 0 Å². The molecule has 0 heterocycles. The number of carboxylic acids is 1. The minimum Gasteiger partial charge on any atom is -0.481 e. The molecule has 4 heteroatoms. The standard InChI is InChI=1S/C17H31NO3/c1-13(17(20)21)7-6-8-14(2)18-16(19)12-11-15-9-4-3-5-10-15/h13-15H,3-12H2,1-2H3,(H,18,19)(H,20,21). The van der Waals surface area contributed by atoms with Crippen LogP contribution >= 0.6 is 0 Å². The van der Waals surface area contributed by atoms with Gasteiger partial charge in [-0.25, -0.2) is 0 Å². The lowest BCUT2D eigenvalue weighted by Gasteiger charge is -2.21. The predicted molar refractivity (Wildman–Crippen MR) is 84.1 cm³/mol. The first-order chi connectivity index (χ1) is 9.99. The third-order valence-corrected chi connectivity index (χ3v) is 4.61. The van der Waals surface area contributed by atoms with Gasteiger partial charge in [0.25, 0.3) is 0 Å². The number of aliphatic carboxylic acids is 1. The molecular weight excluding hydrogens is 266 g/mol. The first-order valence-corrected chi connectivity index (χ1v) is 8.51. The maximum atomic E-state index is 11.9. The van der Waals surface area contributed by atoms with Gasteiger partial charge in [0.15, 0.2) is 0 Å². The Morgan fingerprint density at radius 2 is 1.81 bits per heavy atom. The first kappa shape index (κ1) is 18.0. The highest BCUT2D eigenvalue weighted by molar-refractivity contribution is 5.76. The van der Waals surface area contributed by atoms with E-state index < -0.39 is 5.97 Å². The molecule has 4 nitrogen and oxygen atoms in total. The molecule has 122 valence electrons. The largest absolute Gasteiger partial charge is 0.481 e. The van der Waals surface area contributed by atoms with Crippen molar-refractivity contribution in [3.05, 3.63) is 0 Å². The lowest BCUT2D eigenvalue weighted by Crippen LogP contribution is -2.32. The fourth-order valence-corrected chi connectivity index (χ4v) is 3.08. The van der Waals surface area contributed by atoms with Gasteiger partial charge in [-0.1, -0.05) is 45.4 Å². The number of hydrogen-bond donors (Lipinski definition) is 2. The van der Waals surface area contributed by atoms with E-state index in [0.29, 0.717) is 12.8 Å².